The van der Waals surface area contributed by atoms with Crippen LogP contribution in [0.3, 0.4) is 0 Å². The number of nitrogens with zero attached hydrogens (tertiary/aromatic N) is 2. The van der Waals surface area contributed by atoms with E-state index in [0.29, 0.717) is 12.3 Å². The summed E-state index contributed by atoms with van der Waals surface area (Å²) < 4.78 is 20.2. The molecule has 1 amide bonds. The molecule has 2 saturated heterocycles. The Morgan fingerprint density at radius 1 is 1.11 bits per heavy atom. The van der Waals surface area contributed by atoms with Crippen LogP contribution in [0.15, 0.2) is 24.3 Å². The van der Waals surface area contributed by atoms with Crippen LogP contribution < -0.4 is 10.6 Å². The molecule has 0 bridgehead atoms. The van der Waals surface area contributed by atoms with Gasteiger partial charge in [-0.1, -0.05) is 12.1 Å². The summed E-state index contributed by atoms with van der Waals surface area (Å²) in [5, 5.41) is 0. The maximum Gasteiger partial charge on any atom is 0.226 e. The molecule has 2 heterocycles. The van der Waals surface area contributed by atoms with Crippen LogP contribution in [-0.2, 0) is 9.53 Å². The van der Waals surface area contributed by atoms with E-state index < -0.39 is 0 Å². The molecule has 148 valence electrons. The molecule has 0 radical (unpaired) electrons. The highest BCUT2D eigenvalue weighted by Gasteiger charge is 2.40. The first kappa shape index (κ1) is 18.7. The maximum absolute atomic E-state index is 14.0. The van der Waals surface area contributed by atoms with Crippen molar-refractivity contribution >= 4 is 11.6 Å². The van der Waals surface area contributed by atoms with Gasteiger partial charge in [-0.3, -0.25) is 4.79 Å². The second kappa shape index (κ2) is 8.15. The molecule has 1 aliphatic carbocycles. The van der Waals surface area contributed by atoms with E-state index in [9.17, 15) is 9.18 Å². The van der Waals surface area contributed by atoms with E-state index >= 15 is 0 Å². The minimum atomic E-state index is -0.167. The molecule has 0 unspecified atom stereocenters. The molecule has 0 spiro atoms. The van der Waals surface area contributed by atoms with Crippen LogP contribution in [0.25, 0.3) is 0 Å². The third-order valence-electron chi connectivity index (χ3n) is 6.18. The van der Waals surface area contributed by atoms with Crippen molar-refractivity contribution in [2.45, 2.75) is 56.7 Å². The van der Waals surface area contributed by atoms with Gasteiger partial charge in [-0.2, -0.15) is 0 Å². The van der Waals surface area contributed by atoms with Crippen LogP contribution in [0.4, 0.5) is 10.1 Å². The van der Waals surface area contributed by atoms with Gasteiger partial charge >= 0.3 is 0 Å². The van der Waals surface area contributed by atoms with Crippen molar-refractivity contribution in [3.8, 4) is 0 Å². The standard InChI is InChI=1S/C21H30FN3O2/c22-17-4-1-2-6-19(17)24-12-9-16(10-13-24)27-14-20-18(23)5-3-11-25(20)21(26)15-7-8-15/h1-2,4,6,15-16,18,20H,3,5,7-14,23H2/t18-,20-/m0/s1. The minimum absolute atomic E-state index is 0.0000429. The van der Waals surface area contributed by atoms with E-state index in [1.807, 2.05) is 17.0 Å². The summed E-state index contributed by atoms with van der Waals surface area (Å²) in [7, 11) is 0. The number of anilines is 1. The van der Waals surface area contributed by atoms with E-state index in [1.165, 1.54) is 6.07 Å². The summed E-state index contributed by atoms with van der Waals surface area (Å²) in [6.45, 7) is 2.90. The number of amides is 1. The van der Waals surface area contributed by atoms with Crippen molar-refractivity contribution in [3.63, 3.8) is 0 Å². The van der Waals surface area contributed by atoms with E-state index in [-0.39, 0.29) is 35.8 Å². The lowest BCUT2D eigenvalue weighted by atomic mass is 9.96. The minimum Gasteiger partial charge on any atom is -0.376 e. The smallest absolute Gasteiger partial charge is 0.226 e. The van der Waals surface area contributed by atoms with Crippen molar-refractivity contribution in [2.75, 3.05) is 31.1 Å². The Labute approximate surface area is 160 Å². The summed E-state index contributed by atoms with van der Waals surface area (Å²) in [5.74, 6) is 0.328. The molecular formula is C21H30FN3O2. The van der Waals surface area contributed by atoms with Crippen LogP contribution in [0.2, 0.25) is 0 Å². The van der Waals surface area contributed by atoms with Crippen molar-refractivity contribution in [3.05, 3.63) is 30.1 Å². The van der Waals surface area contributed by atoms with Crippen LogP contribution in [0.1, 0.15) is 38.5 Å². The van der Waals surface area contributed by atoms with Gasteiger partial charge in [0.1, 0.15) is 5.82 Å². The summed E-state index contributed by atoms with van der Waals surface area (Å²) >= 11 is 0. The molecular weight excluding hydrogens is 345 g/mol. The predicted molar refractivity (Wildman–Crippen MR) is 103 cm³/mol. The summed E-state index contributed by atoms with van der Waals surface area (Å²) in [5.41, 5.74) is 7.01. The van der Waals surface area contributed by atoms with Gasteiger partial charge in [0.15, 0.2) is 0 Å². The fraction of sp³-hybridized carbons (Fsp3) is 0.667. The zero-order chi connectivity index (χ0) is 18.8. The molecule has 5 nitrogen and oxygen atoms in total. The number of nitrogens with two attached hydrogens (primary N) is 1. The van der Waals surface area contributed by atoms with Gasteiger partial charge in [0.05, 0.1) is 24.4 Å². The molecule has 2 atom stereocenters. The first-order valence-corrected chi connectivity index (χ1v) is 10.3. The van der Waals surface area contributed by atoms with E-state index in [4.69, 9.17) is 10.5 Å². The zero-order valence-electron chi connectivity index (χ0n) is 15.9. The first-order valence-electron chi connectivity index (χ1n) is 10.3. The predicted octanol–water partition coefficient (Wildman–Crippen LogP) is 2.54. The highest BCUT2D eigenvalue weighted by molar-refractivity contribution is 5.81. The van der Waals surface area contributed by atoms with Crippen LogP contribution in [-0.4, -0.2) is 55.2 Å². The van der Waals surface area contributed by atoms with Crippen molar-refractivity contribution in [1.82, 2.24) is 4.90 Å². The zero-order valence-corrected chi connectivity index (χ0v) is 15.9. The molecule has 0 aromatic heterocycles. The lowest BCUT2D eigenvalue weighted by molar-refractivity contribution is -0.139. The number of hydrogen-bond donors (Lipinski definition) is 1. The van der Waals surface area contributed by atoms with E-state index in [2.05, 4.69) is 4.90 Å². The fourth-order valence-electron chi connectivity index (χ4n) is 4.34. The first-order chi connectivity index (χ1) is 13.1. The Kier molecular flexibility index (Phi) is 5.64. The van der Waals surface area contributed by atoms with Gasteiger partial charge in [-0.25, -0.2) is 4.39 Å². The van der Waals surface area contributed by atoms with Crippen molar-refractivity contribution < 1.29 is 13.9 Å². The quantitative estimate of drug-likeness (QED) is 0.859. The molecule has 1 aromatic carbocycles. The number of halogens is 1. The number of carbonyl (C=O) groups is 1. The Morgan fingerprint density at radius 3 is 2.56 bits per heavy atom. The highest BCUT2D eigenvalue weighted by Crippen LogP contribution is 2.33. The lowest BCUT2D eigenvalue weighted by Crippen LogP contribution is -2.57. The number of carbonyl (C=O) groups excluding carboxylic acids is 1. The third-order valence-corrected chi connectivity index (χ3v) is 6.18. The van der Waals surface area contributed by atoms with Crippen LogP contribution >= 0.6 is 0 Å². The van der Waals surface area contributed by atoms with Gasteiger partial charge in [0.25, 0.3) is 0 Å². The second-order valence-corrected chi connectivity index (χ2v) is 8.15. The summed E-state index contributed by atoms with van der Waals surface area (Å²) in [6.07, 6.45) is 5.87. The Balaban J connectivity index is 1.29. The van der Waals surface area contributed by atoms with E-state index in [0.717, 1.165) is 58.2 Å². The van der Waals surface area contributed by atoms with Gasteiger partial charge in [0, 0.05) is 31.6 Å². The van der Waals surface area contributed by atoms with Crippen molar-refractivity contribution in [2.24, 2.45) is 11.7 Å². The highest BCUT2D eigenvalue weighted by atomic mass is 19.1. The fourth-order valence-corrected chi connectivity index (χ4v) is 4.34. The topological polar surface area (TPSA) is 58.8 Å². The van der Waals surface area contributed by atoms with Gasteiger partial charge < -0.3 is 20.3 Å². The average molecular weight is 375 g/mol. The molecule has 2 aliphatic heterocycles. The van der Waals surface area contributed by atoms with Crippen LogP contribution in [0, 0.1) is 11.7 Å². The number of rotatable bonds is 5. The summed E-state index contributed by atoms with van der Waals surface area (Å²) in [4.78, 5) is 16.6. The molecule has 1 aromatic rings. The molecule has 6 heteroatoms. The van der Waals surface area contributed by atoms with Gasteiger partial charge in [-0.05, 0) is 50.7 Å². The lowest BCUT2D eigenvalue weighted by Gasteiger charge is -2.41. The number of likely N-dealkylation sites (tertiary alicyclic amines) is 1. The molecule has 4 rings (SSSR count). The Morgan fingerprint density at radius 2 is 1.85 bits per heavy atom. The van der Waals surface area contributed by atoms with E-state index in [1.54, 1.807) is 6.07 Å². The van der Waals surface area contributed by atoms with Gasteiger partial charge in [0.2, 0.25) is 5.91 Å². The van der Waals surface area contributed by atoms with Crippen LogP contribution in [0.5, 0.6) is 0 Å². The third kappa shape index (κ3) is 4.27. The Hall–Kier alpha value is -1.66. The second-order valence-electron chi connectivity index (χ2n) is 8.15. The molecule has 2 N–H and O–H groups in total. The molecule has 3 aliphatic rings. The molecule has 27 heavy (non-hydrogen) atoms. The maximum atomic E-state index is 14.0. The Bertz CT molecular complexity index is 659. The number of ether oxygens (including phenoxy) is 1. The molecule has 3 fully saturated rings. The number of benzene rings is 1. The largest absolute Gasteiger partial charge is 0.376 e. The normalized spacial score (nSPS) is 27.0. The number of hydrogen-bond acceptors (Lipinski definition) is 4. The number of para-hydroxylation sites is 1. The van der Waals surface area contributed by atoms with Gasteiger partial charge in [-0.15, -0.1) is 0 Å². The summed E-state index contributed by atoms with van der Waals surface area (Å²) in [6, 6.07) is 6.93. The van der Waals surface area contributed by atoms with Crippen molar-refractivity contribution in [1.29, 1.82) is 0 Å². The average Bonchev–Trinajstić information content (AvgIpc) is 3.53. The SMILES string of the molecule is N[C@H]1CCCN(C(=O)C2CC2)[C@H]1COC1CCN(c2ccccc2F)CC1. The number of piperidine rings is 2. The molecule has 1 saturated carbocycles. The monoisotopic (exact) mass is 375 g/mol.